The molecule has 0 saturated heterocycles. The highest BCUT2D eigenvalue weighted by molar-refractivity contribution is 7.99. The smallest absolute Gasteiger partial charge is 0.371 e. The quantitative estimate of drug-likeness (QED) is 0.537. The molecule has 0 aliphatic rings. The molecule has 0 aromatic heterocycles. The maximum absolute atomic E-state index is 11.9. The van der Waals surface area contributed by atoms with Crippen LogP contribution in [0.5, 0.6) is 0 Å². The summed E-state index contributed by atoms with van der Waals surface area (Å²) in [4.78, 5) is 1.05. The van der Waals surface area contributed by atoms with Crippen LogP contribution in [0.15, 0.2) is 29.2 Å². The van der Waals surface area contributed by atoms with Gasteiger partial charge in [0.05, 0.1) is 6.61 Å². The summed E-state index contributed by atoms with van der Waals surface area (Å²) in [6.45, 7) is 4.10. The van der Waals surface area contributed by atoms with Gasteiger partial charge < -0.3 is 10.1 Å². The predicted octanol–water partition coefficient (Wildman–Crippen LogP) is 4.42. The molecule has 120 valence electrons. The van der Waals surface area contributed by atoms with Crippen LogP contribution in [0.2, 0.25) is 0 Å². The van der Waals surface area contributed by atoms with E-state index < -0.39 is 12.8 Å². The number of hydrogen-bond acceptors (Lipinski definition) is 3. The van der Waals surface area contributed by atoms with E-state index in [0.717, 1.165) is 17.9 Å². The second-order valence-corrected chi connectivity index (χ2v) is 5.93. The van der Waals surface area contributed by atoms with Gasteiger partial charge in [-0.1, -0.05) is 19.1 Å². The van der Waals surface area contributed by atoms with Crippen LogP contribution >= 0.6 is 11.8 Å². The molecule has 21 heavy (non-hydrogen) atoms. The molecule has 0 saturated carbocycles. The molecule has 0 amide bonds. The van der Waals surface area contributed by atoms with E-state index in [2.05, 4.69) is 36.0 Å². The van der Waals surface area contributed by atoms with E-state index in [1.165, 1.54) is 17.3 Å². The second-order valence-electron chi connectivity index (χ2n) is 4.76. The summed E-state index contributed by atoms with van der Waals surface area (Å²) in [5.74, 6) is 0.510. The Kier molecular flexibility index (Phi) is 8.14. The van der Waals surface area contributed by atoms with Crippen molar-refractivity contribution in [3.63, 3.8) is 0 Å². The van der Waals surface area contributed by atoms with Gasteiger partial charge in [-0.2, -0.15) is 13.2 Å². The number of ether oxygens (including phenoxy) is 1. The van der Waals surface area contributed by atoms with Crippen LogP contribution in [0.3, 0.4) is 0 Å². The monoisotopic (exact) mass is 321 g/mol. The van der Waals surface area contributed by atoms with Crippen molar-refractivity contribution in [1.29, 1.82) is 0 Å². The summed E-state index contributed by atoms with van der Waals surface area (Å²) in [7, 11) is 0. The molecule has 0 bridgehead atoms. The van der Waals surface area contributed by atoms with Crippen molar-refractivity contribution < 1.29 is 17.9 Å². The fraction of sp³-hybridized carbons (Fsp3) is 0.600. The fourth-order valence-corrected chi connectivity index (χ4v) is 2.59. The normalized spacial score (nSPS) is 13.4. The average Bonchev–Trinajstić information content (AvgIpc) is 2.43. The van der Waals surface area contributed by atoms with Crippen LogP contribution in [0.25, 0.3) is 0 Å². The Morgan fingerprint density at radius 1 is 1.33 bits per heavy atom. The minimum atomic E-state index is -4.25. The van der Waals surface area contributed by atoms with Crippen molar-refractivity contribution in [3.8, 4) is 0 Å². The zero-order chi connectivity index (χ0) is 15.7. The minimum Gasteiger partial charge on any atom is -0.371 e. The van der Waals surface area contributed by atoms with Crippen LogP contribution < -0.4 is 5.32 Å². The van der Waals surface area contributed by atoms with Crippen molar-refractivity contribution in [1.82, 2.24) is 5.32 Å². The highest BCUT2D eigenvalue weighted by Crippen LogP contribution is 2.22. The molecule has 0 aliphatic carbocycles. The summed E-state index contributed by atoms with van der Waals surface area (Å²) < 4.78 is 40.3. The number of rotatable bonds is 9. The molecule has 0 radical (unpaired) electrons. The highest BCUT2D eigenvalue weighted by Gasteiger charge is 2.27. The Morgan fingerprint density at radius 2 is 2.10 bits per heavy atom. The highest BCUT2D eigenvalue weighted by atomic mass is 32.2. The van der Waals surface area contributed by atoms with E-state index in [0.29, 0.717) is 5.75 Å². The van der Waals surface area contributed by atoms with Crippen molar-refractivity contribution in [2.24, 2.45) is 0 Å². The van der Waals surface area contributed by atoms with Crippen molar-refractivity contribution in [2.75, 3.05) is 25.5 Å². The van der Waals surface area contributed by atoms with E-state index >= 15 is 0 Å². The van der Waals surface area contributed by atoms with Crippen molar-refractivity contribution >= 4 is 11.8 Å². The van der Waals surface area contributed by atoms with Gasteiger partial charge >= 0.3 is 6.18 Å². The van der Waals surface area contributed by atoms with E-state index in [9.17, 15) is 13.2 Å². The number of nitrogens with one attached hydrogen (secondary N) is 1. The van der Waals surface area contributed by atoms with Crippen LogP contribution in [0, 0.1) is 0 Å². The van der Waals surface area contributed by atoms with Gasteiger partial charge in [0.2, 0.25) is 0 Å². The van der Waals surface area contributed by atoms with Gasteiger partial charge in [-0.25, -0.2) is 0 Å². The fourth-order valence-electron chi connectivity index (χ4n) is 1.76. The number of alkyl halides is 3. The number of benzene rings is 1. The summed E-state index contributed by atoms with van der Waals surface area (Å²) in [6.07, 6.45) is -3.17. The minimum absolute atomic E-state index is 0.0953. The lowest BCUT2D eigenvalue weighted by Gasteiger charge is -2.14. The molecular formula is C15H22F3NOS. The number of hydrogen-bond donors (Lipinski definition) is 1. The molecule has 1 unspecified atom stereocenters. The Hall–Kier alpha value is -0.720. The molecule has 1 N–H and O–H groups in total. The van der Waals surface area contributed by atoms with Crippen LogP contribution in [0.1, 0.15) is 31.9 Å². The van der Waals surface area contributed by atoms with Gasteiger partial charge in [0.25, 0.3) is 0 Å². The summed E-state index contributed by atoms with van der Waals surface area (Å²) >= 11 is 1.51. The first-order valence-corrected chi connectivity index (χ1v) is 8.01. The Morgan fingerprint density at radius 3 is 2.76 bits per heavy atom. The molecular weight excluding hydrogens is 299 g/mol. The summed E-state index contributed by atoms with van der Waals surface area (Å²) in [5.41, 5.74) is 1.18. The van der Waals surface area contributed by atoms with E-state index in [-0.39, 0.29) is 12.6 Å². The standard InChI is InChI=1S/C15H22F3NOS/c1-3-7-19-12(2)13-5-4-6-14(10-13)21-9-8-20-11-15(16,17)18/h4-6,10,12,19H,3,7-9,11H2,1-2H3. The first kappa shape index (κ1) is 18.3. The zero-order valence-electron chi connectivity index (χ0n) is 12.4. The lowest BCUT2D eigenvalue weighted by molar-refractivity contribution is -0.172. The van der Waals surface area contributed by atoms with Gasteiger partial charge in [0, 0.05) is 16.7 Å². The van der Waals surface area contributed by atoms with Gasteiger partial charge in [0.15, 0.2) is 0 Å². The third kappa shape index (κ3) is 8.34. The third-order valence-corrected chi connectivity index (χ3v) is 3.78. The third-order valence-electron chi connectivity index (χ3n) is 2.82. The van der Waals surface area contributed by atoms with Crippen molar-refractivity contribution in [2.45, 2.75) is 37.4 Å². The second kappa shape index (κ2) is 9.33. The largest absolute Gasteiger partial charge is 0.411 e. The van der Waals surface area contributed by atoms with Crippen LogP contribution in [0.4, 0.5) is 13.2 Å². The Balaban J connectivity index is 2.35. The average molecular weight is 321 g/mol. The Bertz CT molecular complexity index is 412. The molecule has 6 heteroatoms. The molecule has 1 rings (SSSR count). The molecule has 0 fully saturated rings. The maximum Gasteiger partial charge on any atom is 0.411 e. The Labute approximate surface area is 128 Å². The first-order chi connectivity index (χ1) is 9.92. The number of thioether (sulfide) groups is 1. The lowest BCUT2D eigenvalue weighted by Crippen LogP contribution is -2.19. The van der Waals surface area contributed by atoms with E-state index in [1.54, 1.807) is 0 Å². The first-order valence-electron chi connectivity index (χ1n) is 7.03. The molecule has 1 aromatic carbocycles. The van der Waals surface area contributed by atoms with Gasteiger partial charge in [-0.05, 0) is 37.6 Å². The molecule has 0 heterocycles. The molecule has 1 aromatic rings. The summed E-state index contributed by atoms with van der Waals surface area (Å²) in [6, 6.07) is 8.33. The SMILES string of the molecule is CCCNC(C)c1cccc(SCCOCC(F)(F)F)c1. The molecule has 0 spiro atoms. The summed E-state index contributed by atoms with van der Waals surface area (Å²) in [5, 5.41) is 3.41. The zero-order valence-corrected chi connectivity index (χ0v) is 13.2. The maximum atomic E-state index is 11.9. The predicted molar refractivity (Wildman–Crippen MR) is 80.7 cm³/mol. The molecule has 1 atom stereocenters. The van der Waals surface area contributed by atoms with Crippen LogP contribution in [-0.4, -0.2) is 31.7 Å². The van der Waals surface area contributed by atoms with Gasteiger partial charge in [-0.15, -0.1) is 11.8 Å². The lowest BCUT2D eigenvalue weighted by atomic mass is 10.1. The number of halogens is 3. The topological polar surface area (TPSA) is 21.3 Å². The van der Waals surface area contributed by atoms with E-state index in [1.807, 2.05) is 12.1 Å². The van der Waals surface area contributed by atoms with Gasteiger partial charge in [0.1, 0.15) is 6.61 Å². The van der Waals surface area contributed by atoms with E-state index in [4.69, 9.17) is 0 Å². The van der Waals surface area contributed by atoms with Gasteiger partial charge in [-0.3, -0.25) is 0 Å². The van der Waals surface area contributed by atoms with Crippen molar-refractivity contribution in [3.05, 3.63) is 29.8 Å². The van der Waals surface area contributed by atoms with Crippen LogP contribution in [-0.2, 0) is 4.74 Å². The molecule has 0 aliphatic heterocycles. The molecule has 2 nitrogen and oxygen atoms in total.